The average molecular weight is 223 g/mol. The molecule has 1 aliphatic carbocycles. The van der Waals surface area contributed by atoms with E-state index in [2.05, 4.69) is 12.2 Å². The maximum Gasteiger partial charge on any atom is 0.409 e. The van der Waals surface area contributed by atoms with Crippen molar-refractivity contribution < 1.29 is 14.7 Å². The zero-order chi connectivity index (χ0) is 12.0. The molecule has 0 aromatic heterocycles. The molecule has 16 heavy (non-hydrogen) atoms. The summed E-state index contributed by atoms with van der Waals surface area (Å²) in [6.07, 6.45) is 7.90. The Morgan fingerprint density at radius 3 is 2.88 bits per heavy atom. The fourth-order valence-electron chi connectivity index (χ4n) is 1.72. The Hall–Kier alpha value is -1.58. The van der Waals surface area contributed by atoms with E-state index in [1.165, 1.54) is 6.08 Å². The van der Waals surface area contributed by atoms with E-state index in [1.807, 2.05) is 6.08 Å². The molecule has 1 unspecified atom stereocenters. The summed E-state index contributed by atoms with van der Waals surface area (Å²) >= 11 is 0. The predicted molar refractivity (Wildman–Crippen MR) is 61.0 cm³/mol. The molecule has 0 fully saturated rings. The lowest BCUT2D eigenvalue weighted by atomic mass is 9.91. The van der Waals surface area contributed by atoms with Gasteiger partial charge in [0, 0.05) is 5.92 Å². The Labute approximate surface area is 95.0 Å². The van der Waals surface area contributed by atoms with Crippen LogP contribution in [0.25, 0.3) is 0 Å². The van der Waals surface area contributed by atoms with Crippen molar-refractivity contribution in [1.29, 1.82) is 0 Å². The molecule has 0 bridgehead atoms. The van der Waals surface area contributed by atoms with Gasteiger partial charge in [0.1, 0.15) is 0 Å². The van der Waals surface area contributed by atoms with Gasteiger partial charge in [-0.05, 0) is 12.5 Å². The third-order valence-electron chi connectivity index (χ3n) is 2.57. The number of allylic oxidation sites excluding steroid dienone is 4. The first kappa shape index (κ1) is 12.5. The predicted octanol–water partition coefficient (Wildman–Crippen LogP) is 2.47. The van der Waals surface area contributed by atoms with E-state index in [-0.39, 0.29) is 17.4 Å². The number of hydrogen-bond donors (Lipinski definition) is 2. The number of ketones is 1. The van der Waals surface area contributed by atoms with Crippen LogP contribution in [-0.4, -0.2) is 17.0 Å². The molecule has 0 heterocycles. The summed E-state index contributed by atoms with van der Waals surface area (Å²) in [4.78, 5) is 22.3. The van der Waals surface area contributed by atoms with Crippen molar-refractivity contribution in [1.82, 2.24) is 5.32 Å². The minimum absolute atomic E-state index is 0.124. The second-order valence-corrected chi connectivity index (χ2v) is 3.86. The number of Topliss-reactive ketones (excluding diaryl/α,β-unsaturated/α-hetero) is 1. The van der Waals surface area contributed by atoms with Gasteiger partial charge in [-0.25, -0.2) is 4.79 Å². The highest BCUT2D eigenvalue weighted by Crippen LogP contribution is 2.19. The Balaban J connectivity index is 2.52. The molecule has 1 rings (SSSR count). The lowest BCUT2D eigenvalue weighted by Gasteiger charge is -2.16. The van der Waals surface area contributed by atoms with Gasteiger partial charge < -0.3 is 5.11 Å². The Morgan fingerprint density at radius 1 is 1.50 bits per heavy atom. The van der Waals surface area contributed by atoms with Gasteiger partial charge in [0.15, 0.2) is 5.78 Å². The van der Waals surface area contributed by atoms with Crippen molar-refractivity contribution in [2.75, 3.05) is 0 Å². The van der Waals surface area contributed by atoms with Crippen LogP contribution in [0.3, 0.4) is 0 Å². The lowest BCUT2D eigenvalue weighted by molar-refractivity contribution is -0.118. The van der Waals surface area contributed by atoms with E-state index in [0.717, 1.165) is 25.7 Å². The van der Waals surface area contributed by atoms with Crippen molar-refractivity contribution >= 4 is 11.9 Å². The minimum atomic E-state index is -1.19. The third kappa shape index (κ3) is 3.53. The Kier molecular flexibility index (Phi) is 4.76. The van der Waals surface area contributed by atoms with Gasteiger partial charge in [-0.15, -0.1) is 0 Å². The van der Waals surface area contributed by atoms with Gasteiger partial charge in [-0.1, -0.05) is 38.3 Å². The molecule has 1 aliphatic rings. The van der Waals surface area contributed by atoms with Crippen molar-refractivity contribution in [3.05, 3.63) is 23.9 Å². The minimum Gasteiger partial charge on any atom is -0.465 e. The molecule has 0 radical (unpaired) electrons. The first-order chi connectivity index (χ1) is 7.65. The second-order valence-electron chi connectivity index (χ2n) is 3.86. The van der Waals surface area contributed by atoms with E-state index in [0.29, 0.717) is 0 Å². The molecule has 2 N–H and O–H groups in total. The van der Waals surface area contributed by atoms with Gasteiger partial charge in [-0.3, -0.25) is 10.1 Å². The van der Waals surface area contributed by atoms with Gasteiger partial charge in [0.2, 0.25) is 0 Å². The Bertz CT molecular complexity index is 331. The monoisotopic (exact) mass is 223 g/mol. The number of rotatable bonds is 5. The van der Waals surface area contributed by atoms with E-state index < -0.39 is 6.09 Å². The topological polar surface area (TPSA) is 66.4 Å². The lowest BCUT2D eigenvalue weighted by Crippen LogP contribution is -2.30. The molecule has 88 valence electrons. The van der Waals surface area contributed by atoms with E-state index in [9.17, 15) is 9.59 Å². The molecule has 0 aromatic carbocycles. The average Bonchev–Trinajstić information content (AvgIpc) is 2.23. The van der Waals surface area contributed by atoms with Gasteiger partial charge in [0.05, 0.1) is 5.70 Å². The summed E-state index contributed by atoms with van der Waals surface area (Å²) < 4.78 is 0. The molecular formula is C12H17NO3. The van der Waals surface area contributed by atoms with Gasteiger partial charge in [-0.2, -0.15) is 0 Å². The highest BCUT2D eigenvalue weighted by atomic mass is 16.4. The van der Waals surface area contributed by atoms with E-state index in [4.69, 9.17) is 5.11 Å². The van der Waals surface area contributed by atoms with Gasteiger partial charge in [0.25, 0.3) is 0 Å². The SMILES string of the molecule is CCCCCC1C=CC=C(NC(=O)O)C1=O. The summed E-state index contributed by atoms with van der Waals surface area (Å²) in [5.74, 6) is -0.292. The van der Waals surface area contributed by atoms with Crippen LogP contribution >= 0.6 is 0 Å². The van der Waals surface area contributed by atoms with Crippen LogP contribution in [0, 0.1) is 5.92 Å². The molecule has 0 aromatic rings. The summed E-state index contributed by atoms with van der Waals surface area (Å²) in [5.41, 5.74) is 0.177. The summed E-state index contributed by atoms with van der Waals surface area (Å²) in [6, 6.07) is 0. The number of carbonyl (C=O) groups excluding carboxylic acids is 1. The van der Waals surface area contributed by atoms with Crippen molar-refractivity contribution in [2.24, 2.45) is 5.92 Å². The molecule has 4 nitrogen and oxygen atoms in total. The van der Waals surface area contributed by atoms with Crippen molar-refractivity contribution in [3.8, 4) is 0 Å². The summed E-state index contributed by atoms with van der Waals surface area (Å²) in [5, 5.41) is 10.7. The van der Waals surface area contributed by atoms with Crippen LogP contribution in [0.15, 0.2) is 23.9 Å². The van der Waals surface area contributed by atoms with Crippen LogP contribution in [0.2, 0.25) is 0 Å². The molecule has 1 atom stereocenters. The molecule has 0 saturated carbocycles. The van der Waals surface area contributed by atoms with Crippen LogP contribution in [0.5, 0.6) is 0 Å². The maximum absolute atomic E-state index is 11.8. The van der Waals surface area contributed by atoms with Crippen LogP contribution < -0.4 is 5.32 Å². The fourth-order valence-corrected chi connectivity index (χ4v) is 1.72. The molecule has 0 saturated heterocycles. The number of nitrogens with one attached hydrogen (secondary N) is 1. The van der Waals surface area contributed by atoms with E-state index in [1.54, 1.807) is 6.08 Å². The molecule has 0 spiro atoms. The van der Waals surface area contributed by atoms with Crippen molar-refractivity contribution in [2.45, 2.75) is 32.6 Å². The highest BCUT2D eigenvalue weighted by molar-refractivity contribution is 6.01. The van der Waals surface area contributed by atoms with Crippen molar-refractivity contribution in [3.63, 3.8) is 0 Å². The second kappa shape index (κ2) is 6.10. The zero-order valence-electron chi connectivity index (χ0n) is 9.40. The number of amides is 1. The highest BCUT2D eigenvalue weighted by Gasteiger charge is 2.22. The van der Waals surface area contributed by atoms with Crippen LogP contribution in [0.4, 0.5) is 4.79 Å². The summed E-state index contributed by atoms with van der Waals surface area (Å²) in [6.45, 7) is 2.11. The largest absolute Gasteiger partial charge is 0.465 e. The van der Waals surface area contributed by atoms with Gasteiger partial charge >= 0.3 is 6.09 Å². The number of carbonyl (C=O) groups is 2. The molecule has 4 heteroatoms. The Morgan fingerprint density at radius 2 is 2.25 bits per heavy atom. The first-order valence-electron chi connectivity index (χ1n) is 5.57. The van der Waals surface area contributed by atoms with E-state index >= 15 is 0 Å². The zero-order valence-corrected chi connectivity index (χ0v) is 9.40. The summed E-state index contributed by atoms with van der Waals surface area (Å²) in [7, 11) is 0. The van der Waals surface area contributed by atoms with Crippen LogP contribution in [-0.2, 0) is 4.79 Å². The number of carboxylic acid groups (broad SMARTS) is 1. The standard InChI is InChI=1S/C12H17NO3/c1-2-3-4-6-9-7-5-8-10(11(9)14)13-12(15)16/h5,7-9,13H,2-4,6H2,1H3,(H,15,16). The first-order valence-corrected chi connectivity index (χ1v) is 5.57. The van der Waals surface area contributed by atoms with Crippen LogP contribution in [0.1, 0.15) is 32.6 Å². The quantitative estimate of drug-likeness (QED) is 0.703. The number of hydrogen-bond acceptors (Lipinski definition) is 2. The molecule has 1 amide bonds. The fraction of sp³-hybridized carbons (Fsp3) is 0.500. The normalized spacial score (nSPS) is 19.4. The maximum atomic E-state index is 11.8. The molecule has 0 aliphatic heterocycles. The number of unbranched alkanes of at least 4 members (excludes halogenated alkanes) is 2. The third-order valence-corrected chi connectivity index (χ3v) is 2.57. The molecular weight excluding hydrogens is 206 g/mol. The smallest absolute Gasteiger partial charge is 0.409 e.